The van der Waals surface area contributed by atoms with Crippen LogP contribution < -0.4 is 0 Å². The second-order valence-electron chi connectivity index (χ2n) is 2.67. The highest BCUT2D eigenvalue weighted by atomic mass is 35.5. The van der Waals surface area contributed by atoms with Crippen LogP contribution >= 0.6 is 11.6 Å². The molecule has 0 fully saturated rings. The average Bonchev–Trinajstić information content (AvgIpc) is 2.67. The van der Waals surface area contributed by atoms with Gasteiger partial charge in [0.15, 0.2) is 11.5 Å². The molecular weight excluding hydrogens is 220 g/mol. The maximum absolute atomic E-state index is 10.6. The lowest BCUT2D eigenvalue weighted by molar-refractivity contribution is 0.0691. The van der Waals surface area contributed by atoms with E-state index in [2.05, 4.69) is 15.0 Å². The minimum Gasteiger partial charge on any atom is -0.476 e. The number of carboxylic acid groups (broad SMARTS) is 1. The number of imidazole rings is 1. The molecule has 1 N–H and O–H groups in total. The number of rotatable bonds is 2. The van der Waals surface area contributed by atoms with Crippen molar-refractivity contribution in [3.8, 4) is 5.82 Å². The molecule has 0 bridgehead atoms. The maximum atomic E-state index is 10.6. The Hall–Kier alpha value is -1.95. The van der Waals surface area contributed by atoms with Crippen molar-refractivity contribution in [2.45, 2.75) is 0 Å². The third-order valence-electron chi connectivity index (χ3n) is 1.69. The molecule has 0 aromatic carbocycles. The minimum absolute atomic E-state index is 0.0651. The number of halogens is 1. The second-order valence-corrected chi connectivity index (χ2v) is 3.07. The van der Waals surface area contributed by atoms with Gasteiger partial charge in [0.1, 0.15) is 17.7 Å². The smallest absolute Gasteiger partial charge is 0.356 e. The van der Waals surface area contributed by atoms with Crippen molar-refractivity contribution in [2.75, 3.05) is 0 Å². The third-order valence-corrected chi connectivity index (χ3v) is 1.96. The summed E-state index contributed by atoms with van der Waals surface area (Å²) < 4.78 is 1.42. The van der Waals surface area contributed by atoms with E-state index < -0.39 is 5.97 Å². The third kappa shape index (κ3) is 1.79. The Labute approximate surface area is 89.2 Å². The van der Waals surface area contributed by atoms with E-state index in [1.54, 1.807) is 0 Å². The quantitative estimate of drug-likeness (QED) is 0.824. The number of carbonyl (C=O) groups is 1. The summed E-state index contributed by atoms with van der Waals surface area (Å²) in [6, 6.07) is 0. The Morgan fingerprint density at radius 3 is 2.87 bits per heavy atom. The summed E-state index contributed by atoms with van der Waals surface area (Å²) in [6.07, 6.45) is 5.40. The molecule has 0 aliphatic rings. The van der Waals surface area contributed by atoms with Gasteiger partial charge in [0, 0.05) is 6.20 Å². The molecule has 2 rings (SSSR count). The monoisotopic (exact) mass is 224 g/mol. The molecule has 7 heteroatoms. The first-order chi connectivity index (χ1) is 7.18. The van der Waals surface area contributed by atoms with Crippen LogP contribution in [-0.2, 0) is 0 Å². The first-order valence-corrected chi connectivity index (χ1v) is 4.29. The van der Waals surface area contributed by atoms with E-state index in [9.17, 15) is 4.79 Å². The molecular formula is C8H5ClN4O2. The van der Waals surface area contributed by atoms with Crippen LogP contribution in [-0.4, -0.2) is 30.6 Å². The van der Waals surface area contributed by atoms with E-state index in [4.69, 9.17) is 16.7 Å². The van der Waals surface area contributed by atoms with Crippen LogP contribution in [0.25, 0.3) is 5.82 Å². The zero-order valence-corrected chi connectivity index (χ0v) is 8.09. The van der Waals surface area contributed by atoms with Crippen molar-refractivity contribution in [1.82, 2.24) is 19.5 Å². The lowest BCUT2D eigenvalue weighted by atomic mass is 10.5. The van der Waals surface area contributed by atoms with Gasteiger partial charge < -0.3 is 5.11 Å². The topological polar surface area (TPSA) is 80.9 Å². The Kier molecular flexibility index (Phi) is 2.34. The summed E-state index contributed by atoms with van der Waals surface area (Å²) in [5, 5.41) is 9.00. The molecule has 0 unspecified atom stereocenters. The van der Waals surface area contributed by atoms with Crippen molar-refractivity contribution < 1.29 is 9.90 Å². The number of carboxylic acids is 1. The number of aromatic carboxylic acids is 1. The fourth-order valence-corrected chi connectivity index (χ4v) is 1.25. The molecule has 6 nitrogen and oxygen atoms in total. The van der Waals surface area contributed by atoms with Gasteiger partial charge in [0.05, 0.1) is 6.20 Å². The van der Waals surface area contributed by atoms with Gasteiger partial charge in [-0.15, -0.1) is 0 Å². The Morgan fingerprint density at radius 1 is 1.47 bits per heavy atom. The number of hydrogen-bond acceptors (Lipinski definition) is 4. The highest BCUT2D eigenvalue weighted by molar-refractivity contribution is 6.32. The highest BCUT2D eigenvalue weighted by Crippen LogP contribution is 2.15. The van der Waals surface area contributed by atoms with E-state index in [0.717, 1.165) is 0 Å². The first-order valence-electron chi connectivity index (χ1n) is 3.91. The summed E-state index contributed by atoms with van der Waals surface area (Å²) in [4.78, 5) is 21.9. The van der Waals surface area contributed by atoms with Crippen LogP contribution in [0.3, 0.4) is 0 Å². The van der Waals surface area contributed by atoms with Crippen LogP contribution in [0.5, 0.6) is 0 Å². The molecule has 2 aromatic rings. The van der Waals surface area contributed by atoms with Crippen LogP contribution in [0.4, 0.5) is 0 Å². The predicted molar refractivity (Wildman–Crippen MR) is 51.1 cm³/mol. The molecule has 0 aliphatic carbocycles. The summed E-state index contributed by atoms with van der Waals surface area (Å²) in [7, 11) is 0. The van der Waals surface area contributed by atoms with E-state index in [-0.39, 0.29) is 5.69 Å². The van der Waals surface area contributed by atoms with Gasteiger partial charge in [-0.2, -0.15) is 0 Å². The van der Waals surface area contributed by atoms with Gasteiger partial charge in [-0.1, -0.05) is 11.6 Å². The zero-order chi connectivity index (χ0) is 10.8. The molecule has 2 heterocycles. The molecule has 0 radical (unpaired) electrons. The Morgan fingerprint density at radius 2 is 2.27 bits per heavy atom. The van der Waals surface area contributed by atoms with Gasteiger partial charge in [-0.05, 0) is 0 Å². The van der Waals surface area contributed by atoms with Crippen molar-refractivity contribution in [2.24, 2.45) is 0 Å². The van der Waals surface area contributed by atoms with Crippen LogP contribution in [0.2, 0.25) is 5.02 Å². The summed E-state index contributed by atoms with van der Waals surface area (Å²) in [5.41, 5.74) is -0.0651. The summed E-state index contributed by atoms with van der Waals surface area (Å²) >= 11 is 5.83. The molecule has 0 spiro atoms. The summed E-state index contributed by atoms with van der Waals surface area (Å²) in [5.74, 6) is -0.703. The Balaban J connectivity index is 2.46. The molecule has 0 amide bonds. The highest BCUT2D eigenvalue weighted by Gasteiger charge is 2.09. The zero-order valence-electron chi connectivity index (χ0n) is 7.33. The molecule has 0 saturated carbocycles. The van der Waals surface area contributed by atoms with Crippen molar-refractivity contribution in [3.05, 3.63) is 35.8 Å². The van der Waals surface area contributed by atoms with Gasteiger partial charge >= 0.3 is 5.97 Å². The van der Waals surface area contributed by atoms with E-state index >= 15 is 0 Å². The standard InChI is InChI=1S/C8H5ClN4O2/c9-5-1-10-3-11-7(5)13-2-6(8(14)15)12-4-13/h1-4H,(H,14,15). The van der Waals surface area contributed by atoms with E-state index in [1.807, 2.05) is 0 Å². The largest absolute Gasteiger partial charge is 0.476 e. The first kappa shape index (κ1) is 9.60. The maximum Gasteiger partial charge on any atom is 0.356 e. The van der Waals surface area contributed by atoms with Gasteiger partial charge in [0.25, 0.3) is 0 Å². The lowest BCUT2D eigenvalue weighted by Crippen LogP contribution is -1.97. The SMILES string of the molecule is O=C(O)c1cn(-c2ncncc2Cl)cn1. The normalized spacial score (nSPS) is 10.2. The average molecular weight is 225 g/mol. The van der Waals surface area contributed by atoms with E-state index in [0.29, 0.717) is 10.8 Å². The number of nitrogens with zero attached hydrogens (tertiary/aromatic N) is 4. The molecule has 76 valence electrons. The van der Waals surface area contributed by atoms with Crippen LogP contribution in [0, 0.1) is 0 Å². The Bertz CT molecular complexity index is 511. The molecule has 0 aliphatic heterocycles. The van der Waals surface area contributed by atoms with Gasteiger partial charge in [-0.25, -0.2) is 19.7 Å². The van der Waals surface area contributed by atoms with Crippen molar-refractivity contribution >= 4 is 17.6 Å². The van der Waals surface area contributed by atoms with Gasteiger partial charge in [0.2, 0.25) is 0 Å². The van der Waals surface area contributed by atoms with Crippen molar-refractivity contribution in [3.63, 3.8) is 0 Å². The van der Waals surface area contributed by atoms with Crippen LogP contribution in [0.1, 0.15) is 10.5 Å². The van der Waals surface area contributed by atoms with E-state index in [1.165, 1.54) is 29.6 Å². The van der Waals surface area contributed by atoms with Crippen LogP contribution in [0.15, 0.2) is 25.0 Å². The number of aromatic nitrogens is 4. The predicted octanol–water partition coefficient (Wildman–Crippen LogP) is 1.01. The second kappa shape index (κ2) is 3.66. The lowest BCUT2D eigenvalue weighted by Gasteiger charge is -2.00. The fraction of sp³-hybridized carbons (Fsp3) is 0. The van der Waals surface area contributed by atoms with Crippen molar-refractivity contribution in [1.29, 1.82) is 0 Å². The molecule has 0 atom stereocenters. The minimum atomic E-state index is -1.10. The fourth-order valence-electron chi connectivity index (χ4n) is 1.05. The molecule has 0 saturated heterocycles. The molecule has 2 aromatic heterocycles. The van der Waals surface area contributed by atoms with Gasteiger partial charge in [-0.3, -0.25) is 4.57 Å². The number of hydrogen-bond donors (Lipinski definition) is 1. The summed E-state index contributed by atoms with van der Waals surface area (Å²) in [6.45, 7) is 0. The molecule has 15 heavy (non-hydrogen) atoms.